The Morgan fingerprint density at radius 3 is 2.42 bits per heavy atom. The Hall–Kier alpha value is -3.59. The number of nitrogens with one attached hydrogen (secondary N) is 2. The molecule has 2 fully saturated rings. The summed E-state index contributed by atoms with van der Waals surface area (Å²) >= 11 is 0. The molecule has 2 aliphatic heterocycles. The lowest BCUT2D eigenvalue weighted by molar-refractivity contribution is -0.137. The van der Waals surface area contributed by atoms with Gasteiger partial charge in [-0.3, -0.25) is 4.39 Å². The molecule has 1 unspecified atom stereocenters. The summed E-state index contributed by atoms with van der Waals surface area (Å²) < 4.78 is 81.1. The monoisotopic (exact) mass is 682 g/mol. The number of hydrogen-bond donors (Lipinski definition) is 3. The number of nitrogen functional groups attached to an aromatic ring is 1. The molecule has 5 heterocycles. The minimum atomic E-state index is -4.85. The van der Waals surface area contributed by atoms with Crippen LogP contribution in [0.15, 0.2) is 6.07 Å². The quantitative estimate of drug-likeness (QED) is 0.246. The van der Waals surface area contributed by atoms with E-state index in [9.17, 15) is 17.6 Å². The zero-order valence-electron chi connectivity index (χ0n) is 28.4. The maximum atomic E-state index is 16.5. The molecule has 48 heavy (non-hydrogen) atoms. The van der Waals surface area contributed by atoms with Crippen molar-refractivity contribution < 1.29 is 31.4 Å². The van der Waals surface area contributed by atoms with Crippen LogP contribution in [0.4, 0.5) is 33.6 Å². The number of likely N-dealkylation sites (tertiary alicyclic amines) is 1. The number of pyridine rings is 2. The minimum Gasteiger partial charge on any atom is -0.474 e. The van der Waals surface area contributed by atoms with Crippen molar-refractivity contribution in [1.29, 1.82) is 0 Å². The van der Waals surface area contributed by atoms with Gasteiger partial charge in [0.1, 0.15) is 28.2 Å². The van der Waals surface area contributed by atoms with Gasteiger partial charge in [0.2, 0.25) is 5.88 Å². The highest BCUT2D eigenvalue weighted by Gasteiger charge is 2.45. The first kappa shape index (κ1) is 37.2. The van der Waals surface area contributed by atoms with E-state index in [1.807, 2.05) is 20.8 Å². The zero-order valence-corrected chi connectivity index (χ0v) is 28.4. The van der Waals surface area contributed by atoms with Crippen molar-refractivity contribution in [1.82, 2.24) is 30.2 Å². The molecule has 0 spiro atoms. The second-order valence-electron chi connectivity index (χ2n) is 12.2. The molecule has 3 aromatic rings. The third-order valence-corrected chi connectivity index (χ3v) is 8.60. The molecule has 1 saturated carbocycles. The number of hydrogen-bond acceptors (Lipinski definition) is 10. The SMILES string of the molecule is CC.CF.Cc1nc(N)cc(-c2nc3c4c(nc(OCC5(CN6CCCCC6)CC5)nc4c2F)NCCNCCC(C)O3)c1C(F)(F)F. The number of piperidine rings is 1. The van der Waals surface area contributed by atoms with Gasteiger partial charge in [-0.15, -0.1) is 0 Å². The van der Waals surface area contributed by atoms with Crippen LogP contribution >= 0.6 is 0 Å². The first-order valence-corrected chi connectivity index (χ1v) is 16.6. The normalized spacial score (nSPS) is 19.3. The van der Waals surface area contributed by atoms with Crippen LogP contribution in [0, 0.1) is 18.2 Å². The molecule has 15 heteroatoms. The number of ether oxygens (including phenoxy) is 2. The van der Waals surface area contributed by atoms with Gasteiger partial charge in [0, 0.05) is 30.6 Å². The standard InChI is InChI=1S/C30H38F4N8O2.C2H6.CH3F/c1-17-6-9-36-10-11-37-26-21-25(40-28(41-26)43-16-29(7-8-29)15-42-12-4-3-5-13-42)23(31)24(39-27(21)44-17)19-14-20(35)38-18(2)22(19)30(32,33)34;2*1-2/h14,17,36H,3-13,15-16H2,1-2H3,(H2,35,38)(H,37,40,41);1-2H3;1H3. The fourth-order valence-electron chi connectivity index (χ4n) is 6.10. The first-order chi connectivity index (χ1) is 23.0. The molecule has 1 aliphatic carbocycles. The average Bonchev–Trinajstić information content (AvgIpc) is 3.83. The van der Waals surface area contributed by atoms with E-state index in [0.717, 1.165) is 38.5 Å². The topological polar surface area (TPSA) is 123 Å². The molecule has 10 nitrogen and oxygen atoms in total. The predicted octanol–water partition coefficient (Wildman–Crippen LogP) is 6.56. The van der Waals surface area contributed by atoms with Gasteiger partial charge in [-0.25, -0.2) is 14.4 Å². The summed E-state index contributed by atoms with van der Waals surface area (Å²) in [5.74, 6) is -1.11. The van der Waals surface area contributed by atoms with E-state index in [1.54, 1.807) is 0 Å². The second-order valence-corrected chi connectivity index (χ2v) is 12.2. The maximum absolute atomic E-state index is 16.5. The fraction of sp³-hybridized carbons (Fsp3) is 0.636. The molecule has 1 atom stereocenters. The van der Waals surface area contributed by atoms with Crippen molar-refractivity contribution >= 4 is 22.5 Å². The van der Waals surface area contributed by atoms with Crippen LogP contribution in [-0.4, -0.2) is 84.0 Å². The molecule has 4 N–H and O–H groups in total. The zero-order chi connectivity index (χ0) is 35.1. The van der Waals surface area contributed by atoms with Crippen LogP contribution in [0.3, 0.4) is 0 Å². The van der Waals surface area contributed by atoms with Gasteiger partial charge < -0.3 is 30.7 Å². The van der Waals surface area contributed by atoms with Gasteiger partial charge in [-0.2, -0.15) is 23.1 Å². The first-order valence-electron chi connectivity index (χ1n) is 16.6. The number of alkyl halides is 4. The smallest absolute Gasteiger partial charge is 0.418 e. The maximum Gasteiger partial charge on any atom is 0.418 e. The Bertz CT molecular complexity index is 1530. The van der Waals surface area contributed by atoms with Gasteiger partial charge in [0.15, 0.2) is 5.82 Å². The summed E-state index contributed by atoms with van der Waals surface area (Å²) in [5, 5.41) is 6.64. The van der Waals surface area contributed by atoms with Crippen LogP contribution in [0.25, 0.3) is 22.2 Å². The Balaban J connectivity index is 0.00000125. The highest BCUT2D eigenvalue weighted by Crippen LogP contribution is 2.47. The molecule has 0 amide bonds. The largest absolute Gasteiger partial charge is 0.474 e. The van der Waals surface area contributed by atoms with Crippen molar-refractivity contribution in [3.05, 3.63) is 23.1 Å². The number of rotatable bonds is 6. The number of aromatic nitrogens is 4. The van der Waals surface area contributed by atoms with Crippen molar-refractivity contribution in [3.63, 3.8) is 0 Å². The second kappa shape index (κ2) is 16.2. The minimum absolute atomic E-state index is 0.0225. The Morgan fingerprint density at radius 1 is 1.04 bits per heavy atom. The fourth-order valence-corrected chi connectivity index (χ4v) is 6.10. The summed E-state index contributed by atoms with van der Waals surface area (Å²) in [4.78, 5) is 19.6. The van der Waals surface area contributed by atoms with Crippen LogP contribution in [0.2, 0.25) is 0 Å². The summed E-state index contributed by atoms with van der Waals surface area (Å²) in [7, 11) is 0.500. The van der Waals surface area contributed by atoms with Gasteiger partial charge in [-0.05, 0) is 71.7 Å². The van der Waals surface area contributed by atoms with E-state index in [1.165, 1.54) is 26.2 Å². The Labute approximate surface area is 278 Å². The van der Waals surface area contributed by atoms with Gasteiger partial charge in [0.25, 0.3) is 0 Å². The molecule has 6 rings (SSSR count). The lowest BCUT2D eigenvalue weighted by Gasteiger charge is -2.30. The summed E-state index contributed by atoms with van der Waals surface area (Å²) in [6, 6.07) is 0.914. The molecule has 3 aliphatic rings. The van der Waals surface area contributed by atoms with Gasteiger partial charge >= 0.3 is 12.2 Å². The van der Waals surface area contributed by atoms with E-state index in [2.05, 4.69) is 35.5 Å². The highest BCUT2D eigenvalue weighted by atomic mass is 19.4. The molecule has 3 aromatic heterocycles. The van der Waals surface area contributed by atoms with Crippen molar-refractivity contribution in [2.45, 2.75) is 78.5 Å². The summed E-state index contributed by atoms with van der Waals surface area (Å²) in [6.07, 6.45) is 0.985. The van der Waals surface area contributed by atoms with Crippen LogP contribution in [0.5, 0.6) is 11.9 Å². The number of nitrogens with two attached hydrogens (primary N) is 1. The average molecular weight is 683 g/mol. The van der Waals surface area contributed by atoms with Gasteiger partial charge in [-0.1, -0.05) is 20.3 Å². The third kappa shape index (κ3) is 8.70. The molecule has 0 bridgehead atoms. The van der Waals surface area contributed by atoms with E-state index in [0.29, 0.717) is 39.8 Å². The Kier molecular flexibility index (Phi) is 12.6. The number of nitrogens with zero attached hydrogens (tertiary/aromatic N) is 5. The van der Waals surface area contributed by atoms with E-state index >= 15 is 4.39 Å². The molecule has 266 valence electrons. The Morgan fingerprint density at radius 2 is 1.75 bits per heavy atom. The molecule has 1 saturated heterocycles. The molecule has 0 aromatic carbocycles. The third-order valence-electron chi connectivity index (χ3n) is 8.60. The van der Waals surface area contributed by atoms with Crippen molar-refractivity contribution in [3.8, 4) is 23.1 Å². The summed E-state index contributed by atoms with van der Waals surface area (Å²) in [6.45, 7) is 12.1. The molecular weight excluding hydrogens is 635 g/mol. The van der Waals surface area contributed by atoms with Crippen LogP contribution in [-0.2, 0) is 6.18 Å². The molecular formula is C33H47F5N8O2. The highest BCUT2D eigenvalue weighted by molar-refractivity contribution is 5.96. The van der Waals surface area contributed by atoms with Crippen LogP contribution < -0.4 is 25.8 Å². The number of aryl methyl sites for hydroxylation is 1. The lowest BCUT2D eigenvalue weighted by Crippen LogP contribution is -2.37. The van der Waals surface area contributed by atoms with Gasteiger partial charge in [0.05, 0.1) is 31.1 Å². The van der Waals surface area contributed by atoms with E-state index < -0.39 is 34.9 Å². The number of halogens is 5. The lowest BCUT2D eigenvalue weighted by atomic mass is 10.0. The van der Waals surface area contributed by atoms with E-state index in [-0.39, 0.29) is 45.5 Å². The molecule has 0 radical (unpaired) electrons. The summed E-state index contributed by atoms with van der Waals surface area (Å²) in [5.41, 5.74) is 2.93. The number of anilines is 2. The predicted molar refractivity (Wildman–Crippen MR) is 177 cm³/mol. The van der Waals surface area contributed by atoms with Crippen LogP contribution in [0.1, 0.15) is 70.6 Å². The van der Waals surface area contributed by atoms with Crippen molar-refractivity contribution in [2.75, 3.05) is 64.1 Å². The van der Waals surface area contributed by atoms with E-state index in [4.69, 9.17) is 15.2 Å². The van der Waals surface area contributed by atoms with Crippen molar-refractivity contribution in [2.24, 2.45) is 5.41 Å².